The van der Waals surface area contributed by atoms with E-state index in [0.717, 1.165) is 30.6 Å². The average Bonchev–Trinajstić information content (AvgIpc) is 3.23. The van der Waals surface area contributed by atoms with Gasteiger partial charge in [0.15, 0.2) is 4.80 Å². The minimum atomic E-state index is -3.94. The number of esters is 1. The molecule has 14 heteroatoms. The van der Waals surface area contributed by atoms with E-state index in [9.17, 15) is 26.4 Å². The van der Waals surface area contributed by atoms with Gasteiger partial charge in [-0.05, 0) is 55.3 Å². The first-order valence-electron chi connectivity index (χ1n) is 11.4. The van der Waals surface area contributed by atoms with Gasteiger partial charge in [-0.1, -0.05) is 17.8 Å². The van der Waals surface area contributed by atoms with Gasteiger partial charge in [0.1, 0.15) is 0 Å². The molecule has 1 amide bonds. The van der Waals surface area contributed by atoms with E-state index in [2.05, 4.69) is 4.99 Å². The van der Waals surface area contributed by atoms with Crippen LogP contribution in [-0.2, 0) is 36.1 Å². The summed E-state index contributed by atoms with van der Waals surface area (Å²) < 4.78 is 57.6. The molecule has 37 heavy (non-hydrogen) atoms. The van der Waals surface area contributed by atoms with Crippen LogP contribution in [0.2, 0.25) is 0 Å². The van der Waals surface area contributed by atoms with Gasteiger partial charge >= 0.3 is 5.97 Å². The Morgan fingerprint density at radius 3 is 2.27 bits per heavy atom. The number of primary sulfonamides is 1. The molecule has 0 bridgehead atoms. The fraction of sp³-hybridized carbons (Fsp3) is 0.348. The van der Waals surface area contributed by atoms with Gasteiger partial charge in [-0.3, -0.25) is 9.59 Å². The van der Waals surface area contributed by atoms with Crippen LogP contribution in [0.15, 0.2) is 57.2 Å². The van der Waals surface area contributed by atoms with E-state index in [4.69, 9.17) is 9.88 Å². The number of thiazole rings is 1. The fourth-order valence-corrected chi connectivity index (χ4v) is 7.24. The molecule has 1 aliphatic heterocycles. The van der Waals surface area contributed by atoms with E-state index in [1.165, 1.54) is 53.9 Å². The Labute approximate surface area is 218 Å². The number of carbonyl (C=O) groups excluding carboxylic acids is 2. The predicted octanol–water partition coefficient (Wildman–Crippen LogP) is 1.83. The number of fused-ring (bicyclic) bond motifs is 1. The summed E-state index contributed by atoms with van der Waals surface area (Å²) in [5, 5.41) is 5.24. The zero-order chi connectivity index (χ0) is 26.8. The van der Waals surface area contributed by atoms with Crippen LogP contribution < -0.4 is 9.94 Å². The summed E-state index contributed by atoms with van der Waals surface area (Å²) in [6.45, 7) is 1.09. The third-order valence-corrected chi connectivity index (χ3v) is 9.87. The second-order valence-corrected chi connectivity index (χ2v) is 13.0. The maximum Gasteiger partial charge on any atom is 0.307 e. The van der Waals surface area contributed by atoms with Crippen molar-refractivity contribution in [3.05, 3.63) is 52.8 Å². The number of nitrogens with two attached hydrogens (primary N) is 1. The fourth-order valence-electron chi connectivity index (χ4n) is 4.01. The minimum Gasteiger partial charge on any atom is -0.469 e. The molecule has 0 spiro atoms. The minimum absolute atomic E-state index is 0.00368. The smallest absolute Gasteiger partial charge is 0.307 e. The number of nitrogens with zero attached hydrogens (tertiary/aromatic N) is 3. The van der Waals surface area contributed by atoms with E-state index in [1.807, 2.05) is 0 Å². The van der Waals surface area contributed by atoms with Crippen LogP contribution in [-0.4, -0.2) is 57.8 Å². The van der Waals surface area contributed by atoms with Gasteiger partial charge in [0.2, 0.25) is 20.0 Å². The van der Waals surface area contributed by atoms with Crippen LogP contribution in [0.3, 0.4) is 0 Å². The quantitative estimate of drug-likeness (QED) is 0.427. The van der Waals surface area contributed by atoms with Crippen molar-refractivity contribution in [3.8, 4) is 0 Å². The molecule has 0 radical (unpaired) electrons. The van der Waals surface area contributed by atoms with E-state index in [1.54, 1.807) is 4.57 Å². The molecule has 0 atom stereocenters. The largest absolute Gasteiger partial charge is 0.469 e. The molecule has 0 unspecified atom stereocenters. The Balaban J connectivity index is 1.69. The third-order valence-electron chi connectivity index (χ3n) is 6.00. The maximum atomic E-state index is 13.0. The molecule has 2 aromatic carbocycles. The topological polar surface area (TPSA) is 158 Å². The highest BCUT2D eigenvalue weighted by Crippen LogP contribution is 2.23. The van der Waals surface area contributed by atoms with Crippen molar-refractivity contribution in [1.29, 1.82) is 0 Å². The van der Waals surface area contributed by atoms with Crippen LogP contribution >= 0.6 is 11.3 Å². The molecular weight excluding hydrogens is 540 g/mol. The molecule has 198 valence electrons. The summed E-state index contributed by atoms with van der Waals surface area (Å²) in [5.74, 6) is -1.08. The van der Waals surface area contributed by atoms with Crippen LogP contribution in [0.5, 0.6) is 0 Å². The van der Waals surface area contributed by atoms with Crippen molar-refractivity contribution >= 4 is 53.5 Å². The first-order valence-corrected chi connectivity index (χ1v) is 15.2. The van der Waals surface area contributed by atoms with Crippen molar-refractivity contribution in [1.82, 2.24) is 8.87 Å². The number of carbonyl (C=O) groups is 2. The van der Waals surface area contributed by atoms with Crippen molar-refractivity contribution in [2.75, 3.05) is 20.2 Å². The molecule has 2 heterocycles. The van der Waals surface area contributed by atoms with Crippen LogP contribution in [0, 0.1) is 0 Å². The van der Waals surface area contributed by atoms with Gasteiger partial charge in [0.25, 0.3) is 5.91 Å². The van der Waals surface area contributed by atoms with E-state index in [0.29, 0.717) is 23.3 Å². The summed E-state index contributed by atoms with van der Waals surface area (Å²) >= 11 is 1.06. The Hall–Kier alpha value is -2.91. The molecule has 1 fully saturated rings. The first kappa shape index (κ1) is 27.1. The number of aryl methyl sites for hydroxylation is 1. The molecule has 11 nitrogen and oxygen atoms in total. The number of amides is 1. The van der Waals surface area contributed by atoms with Crippen molar-refractivity contribution in [2.45, 2.75) is 42.0 Å². The van der Waals surface area contributed by atoms with Crippen molar-refractivity contribution in [3.63, 3.8) is 0 Å². The molecule has 1 aromatic heterocycles. The van der Waals surface area contributed by atoms with Gasteiger partial charge in [-0.2, -0.15) is 9.30 Å². The highest BCUT2D eigenvalue weighted by molar-refractivity contribution is 7.89. The number of piperidine rings is 1. The third kappa shape index (κ3) is 5.99. The summed E-state index contributed by atoms with van der Waals surface area (Å²) in [5.41, 5.74) is 0.746. The number of methoxy groups -OCH3 is 1. The lowest BCUT2D eigenvalue weighted by Gasteiger charge is -2.25. The van der Waals surface area contributed by atoms with Gasteiger partial charge in [0.05, 0.1) is 33.5 Å². The van der Waals surface area contributed by atoms with Crippen molar-refractivity contribution < 1.29 is 31.2 Å². The number of hydrogen-bond acceptors (Lipinski definition) is 8. The van der Waals surface area contributed by atoms with Crippen LogP contribution in [0.1, 0.15) is 36.0 Å². The lowest BCUT2D eigenvalue weighted by atomic mass is 10.2. The van der Waals surface area contributed by atoms with Gasteiger partial charge in [-0.15, -0.1) is 0 Å². The molecule has 1 aliphatic rings. The monoisotopic (exact) mass is 566 g/mol. The Morgan fingerprint density at radius 1 is 1.00 bits per heavy atom. The van der Waals surface area contributed by atoms with Gasteiger partial charge < -0.3 is 9.30 Å². The average molecular weight is 567 g/mol. The number of ether oxygens (including phenoxy) is 1. The molecule has 0 aliphatic carbocycles. The Morgan fingerprint density at radius 2 is 1.65 bits per heavy atom. The van der Waals surface area contributed by atoms with Gasteiger partial charge in [-0.25, -0.2) is 22.0 Å². The lowest BCUT2D eigenvalue weighted by Crippen LogP contribution is -2.35. The Kier molecular flexibility index (Phi) is 7.94. The standard InChI is InChI=1S/C23H26N4O7S3/c1-34-21(28)11-14-27-19-10-9-18(36(24,30)31)15-20(19)35-23(27)25-22(29)16-5-7-17(8-6-16)37(32,33)26-12-3-2-4-13-26/h5-10,15H,2-4,11-14H2,1H3,(H2,24,30,31). The number of rotatable bonds is 7. The van der Waals surface area contributed by atoms with Crippen molar-refractivity contribution in [2.24, 2.45) is 10.1 Å². The maximum absolute atomic E-state index is 13.0. The zero-order valence-corrected chi connectivity index (χ0v) is 22.4. The Bertz CT molecular complexity index is 1620. The second-order valence-electron chi connectivity index (χ2n) is 8.44. The molecular formula is C23H26N4O7S3. The van der Waals surface area contributed by atoms with Gasteiger partial charge in [0, 0.05) is 25.2 Å². The predicted molar refractivity (Wildman–Crippen MR) is 137 cm³/mol. The number of sulfonamides is 2. The molecule has 1 saturated heterocycles. The van der Waals surface area contributed by atoms with E-state index >= 15 is 0 Å². The molecule has 4 rings (SSSR count). The molecule has 2 N–H and O–H groups in total. The first-order chi connectivity index (χ1) is 17.5. The summed E-state index contributed by atoms with van der Waals surface area (Å²) in [6, 6.07) is 9.86. The number of hydrogen-bond donors (Lipinski definition) is 1. The highest BCUT2D eigenvalue weighted by Gasteiger charge is 2.26. The van der Waals surface area contributed by atoms with Crippen LogP contribution in [0.4, 0.5) is 0 Å². The summed E-state index contributed by atoms with van der Waals surface area (Å²) in [6.07, 6.45) is 2.64. The lowest BCUT2D eigenvalue weighted by molar-refractivity contribution is -0.140. The number of aromatic nitrogens is 1. The van der Waals surface area contributed by atoms with Crippen LogP contribution in [0.25, 0.3) is 10.2 Å². The highest BCUT2D eigenvalue weighted by atomic mass is 32.2. The molecule has 0 saturated carbocycles. The summed E-state index contributed by atoms with van der Waals surface area (Å²) in [4.78, 5) is 29.2. The summed E-state index contributed by atoms with van der Waals surface area (Å²) in [7, 11) is -6.32. The number of benzene rings is 2. The van der Waals surface area contributed by atoms with E-state index in [-0.39, 0.29) is 33.1 Å². The van der Waals surface area contributed by atoms with E-state index < -0.39 is 31.9 Å². The zero-order valence-electron chi connectivity index (χ0n) is 20.0. The normalized spacial score (nSPS) is 15.7. The second kappa shape index (κ2) is 10.8. The SMILES string of the molecule is COC(=O)CCn1c(=NC(=O)c2ccc(S(=O)(=O)N3CCCCC3)cc2)sc2cc(S(N)(=O)=O)ccc21. The molecule has 3 aromatic rings.